The number of rotatable bonds is 5. The summed E-state index contributed by atoms with van der Waals surface area (Å²) in [4.78, 5) is 9.25. The first-order valence-electron chi connectivity index (χ1n) is 7.57. The Morgan fingerprint density at radius 2 is 1.76 bits per heavy atom. The maximum atomic E-state index is 5.27. The van der Waals surface area contributed by atoms with Crippen molar-refractivity contribution in [3.8, 4) is 22.8 Å². The van der Waals surface area contributed by atoms with Gasteiger partial charge >= 0.3 is 0 Å². The van der Waals surface area contributed by atoms with E-state index >= 15 is 0 Å². The zero-order valence-electron chi connectivity index (χ0n) is 13.6. The fourth-order valence-electron chi connectivity index (χ4n) is 2.43. The molecule has 4 rings (SSSR count). The molecule has 1 N–H and O–H groups in total. The zero-order chi connectivity index (χ0) is 17.2. The van der Waals surface area contributed by atoms with Crippen molar-refractivity contribution in [2.45, 2.75) is 0 Å². The van der Waals surface area contributed by atoms with E-state index in [4.69, 9.17) is 9.47 Å². The van der Waals surface area contributed by atoms with Gasteiger partial charge in [0.2, 0.25) is 0 Å². The van der Waals surface area contributed by atoms with Crippen LogP contribution in [0.15, 0.2) is 47.8 Å². The summed E-state index contributed by atoms with van der Waals surface area (Å²) in [6.07, 6.45) is 0. The Morgan fingerprint density at radius 3 is 2.60 bits per heavy atom. The van der Waals surface area contributed by atoms with Crippen LogP contribution in [0.5, 0.6) is 11.5 Å². The van der Waals surface area contributed by atoms with Crippen LogP contribution in [0, 0.1) is 0 Å². The maximum Gasteiger partial charge on any atom is 0.190 e. The molecule has 0 bridgehead atoms. The third kappa shape index (κ3) is 3.29. The molecule has 25 heavy (non-hydrogen) atoms. The number of hydrogen-bond donors (Lipinski definition) is 1. The average Bonchev–Trinajstić information content (AvgIpc) is 3.27. The van der Waals surface area contributed by atoms with E-state index in [-0.39, 0.29) is 0 Å². The summed E-state index contributed by atoms with van der Waals surface area (Å²) in [6, 6.07) is 13.8. The molecule has 4 aromatic rings. The lowest BCUT2D eigenvalue weighted by Gasteiger charge is -2.01. The maximum absolute atomic E-state index is 5.27. The predicted molar refractivity (Wildman–Crippen MR) is 104 cm³/mol. The van der Waals surface area contributed by atoms with Gasteiger partial charge in [-0.1, -0.05) is 23.5 Å². The number of anilines is 2. The van der Waals surface area contributed by atoms with Crippen molar-refractivity contribution >= 4 is 43.2 Å². The summed E-state index contributed by atoms with van der Waals surface area (Å²) < 4.78 is 11.6. The molecule has 0 amide bonds. The van der Waals surface area contributed by atoms with Crippen LogP contribution in [-0.4, -0.2) is 24.2 Å². The minimum Gasteiger partial charge on any atom is -0.497 e. The van der Waals surface area contributed by atoms with E-state index in [0.717, 1.165) is 43.2 Å². The minimum atomic E-state index is 0.805. The Bertz CT molecular complexity index is 1030. The lowest BCUT2D eigenvalue weighted by molar-refractivity contribution is 0.415. The number of nitrogens with one attached hydrogen (secondary N) is 1. The van der Waals surface area contributed by atoms with Crippen molar-refractivity contribution in [2.24, 2.45) is 0 Å². The summed E-state index contributed by atoms with van der Waals surface area (Å²) in [5.74, 6) is 1.62. The van der Waals surface area contributed by atoms with Gasteiger partial charge in [-0.25, -0.2) is 9.97 Å². The standard InChI is InChI=1S/C18H15N3O2S2/c1-22-12-5-3-4-11(8-12)15-10-24-17(20-15)21-18-19-14-9-13(23-2)6-7-16(14)25-18/h3-10H,1-2H3,(H,19,20,21). The van der Waals surface area contributed by atoms with E-state index in [0.29, 0.717) is 0 Å². The molecule has 0 fully saturated rings. The average molecular weight is 369 g/mol. The number of nitrogens with zero attached hydrogens (tertiary/aromatic N) is 2. The summed E-state index contributed by atoms with van der Waals surface area (Å²) in [5.41, 5.74) is 2.85. The molecule has 5 nitrogen and oxygen atoms in total. The topological polar surface area (TPSA) is 56.3 Å². The quantitative estimate of drug-likeness (QED) is 0.525. The van der Waals surface area contributed by atoms with Gasteiger partial charge in [-0.05, 0) is 24.3 Å². The van der Waals surface area contributed by atoms with Crippen molar-refractivity contribution in [3.63, 3.8) is 0 Å². The van der Waals surface area contributed by atoms with Gasteiger partial charge in [-0.15, -0.1) is 11.3 Å². The second-order valence-electron chi connectivity index (χ2n) is 5.25. The Labute approximate surface area is 152 Å². The van der Waals surface area contributed by atoms with E-state index in [1.165, 1.54) is 0 Å². The normalized spacial score (nSPS) is 10.8. The van der Waals surface area contributed by atoms with Crippen molar-refractivity contribution < 1.29 is 9.47 Å². The molecular weight excluding hydrogens is 354 g/mol. The number of methoxy groups -OCH3 is 2. The number of fused-ring (bicyclic) bond motifs is 1. The molecule has 0 radical (unpaired) electrons. The van der Waals surface area contributed by atoms with E-state index < -0.39 is 0 Å². The molecule has 2 heterocycles. The third-order valence-electron chi connectivity index (χ3n) is 3.68. The second-order valence-corrected chi connectivity index (χ2v) is 7.14. The smallest absolute Gasteiger partial charge is 0.190 e. The van der Waals surface area contributed by atoms with Crippen LogP contribution in [0.4, 0.5) is 10.3 Å². The highest BCUT2D eigenvalue weighted by Crippen LogP contribution is 2.33. The number of benzene rings is 2. The molecule has 0 unspecified atom stereocenters. The van der Waals surface area contributed by atoms with E-state index in [1.807, 2.05) is 47.8 Å². The Balaban J connectivity index is 1.58. The Morgan fingerprint density at radius 1 is 0.920 bits per heavy atom. The van der Waals surface area contributed by atoms with Gasteiger partial charge in [0.25, 0.3) is 0 Å². The monoisotopic (exact) mass is 369 g/mol. The SMILES string of the molecule is COc1cccc(-c2csc(Nc3nc4cc(OC)ccc4s3)n2)c1. The molecule has 0 saturated heterocycles. The minimum absolute atomic E-state index is 0.805. The van der Waals surface area contributed by atoms with Gasteiger partial charge in [0.1, 0.15) is 11.5 Å². The highest BCUT2D eigenvalue weighted by atomic mass is 32.1. The van der Waals surface area contributed by atoms with Crippen molar-refractivity contribution in [3.05, 3.63) is 47.8 Å². The van der Waals surface area contributed by atoms with Crippen LogP contribution in [-0.2, 0) is 0 Å². The first-order valence-corrected chi connectivity index (χ1v) is 9.26. The van der Waals surface area contributed by atoms with E-state index in [9.17, 15) is 0 Å². The van der Waals surface area contributed by atoms with Gasteiger partial charge in [0.15, 0.2) is 10.3 Å². The lowest BCUT2D eigenvalue weighted by atomic mass is 10.2. The number of ether oxygens (including phenoxy) is 2. The lowest BCUT2D eigenvalue weighted by Crippen LogP contribution is -1.88. The van der Waals surface area contributed by atoms with E-state index in [2.05, 4.69) is 15.3 Å². The largest absolute Gasteiger partial charge is 0.497 e. The highest BCUT2D eigenvalue weighted by molar-refractivity contribution is 7.22. The van der Waals surface area contributed by atoms with Gasteiger partial charge in [0.05, 0.1) is 30.1 Å². The molecule has 2 aromatic heterocycles. The van der Waals surface area contributed by atoms with Crippen LogP contribution in [0.25, 0.3) is 21.5 Å². The van der Waals surface area contributed by atoms with Gasteiger partial charge in [0, 0.05) is 17.0 Å². The molecule has 126 valence electrons. The van der Waals surface area contributed by atoms with Crippen LogP contribution in [0.1, 0.15) is 0 Å². The fourth-order valence-corrected chi connectivity index (χ4v) is 4.05. The molecular formula is C18H15N3O2S2. The molecule has 0 spiro atoms. The molecule has 0 aliphatic rings. The third-order valence-corrected chi connectivity index (χ3v) is 5.39. The Hall–Kier alpha value is -2.64. The van der Waals surface area contributed by atoms with Gasteiger partial charge < -0.3 is 14.8 Å². The summed E-state index contributed by atoms with van der Waals surface area (Å²) in [5, 5.41) is 6.94. The Kier molecular flexibility index (Phi) is 4.25. The molecule has 0 saturated carbocycles. The fraction of sp³-hybridized carbons (Fsp3) is 0.111. The van der Waals surface area contributed by atoms with Gasteiger partial charge in [-0.2, -0.15) is 0 Å². The molecule has 0 aliphatic heterocycles. The van der Waals surface area contributed by atoms with Crippen LogP contribution in [0.2, 0.25) is 0 Å². The first kappa shape index (κ1) is 15.9. The van der Waals surface area contributed by atoms with Crippen LogP contribution >= 0.6 is 22.7 Å². The molecule has 2 aromatic carbocycles. The van der Waals surface area contributed by atoms with Crippen molar-refractivity contribution in [1.29, 1.82) is 0 Å². The first-order chi connectivity index (χ1) is 12.2. The summed E-state index contributed by atoms with van der Waals surface area (Å²) in [7, 11) is 3.32. The van der Waals surface area contributed by atoms with Gasteiger partial charge in [-0.3, -0.25) is 0 Å². The molecule has 0 aliphatic carbocycles. The number of hydrogen-bond acceptors (Lipinski definition) is 7. The number of aromatic nitrogens is 2. The van der Waals surface area contributed by atoms with Crippen molar-refractivity contribution in [1.82, 2.24) is 9.97 Å². The van der Waals surface area contributed by atoms with E-state index in [1.54, 1.807) is 36.9 Å². The van der Waals surface area contributed by atoms with Crippen molar-refractivity contribution in [2.75, 3.05) is 19.5 Å². The molecule has 0 atom stereocenters. The molecule has 7 heteroatoms. The summed E-state index contributed by atoms with van der Waals surface area (Å²) >= 11 is 3.14. The second kappa shape index (κ2) is 6.70. The highest BCUT2D eigenvalue weighted by Gasteiger charge is 2.09. The van der Waals surface area contributed by atoms with Crippen LogP contribution < -0.4 is 14.8 Å². The number of thiazole rings is 2. The van der Waals surface area contributed by atoms with Crippen LogP contribution in [0.3, 0.4) is 0 Å². The summed E-state index contributed by atoms with van der Waals surface area (Å²) in [6.45, 7) is 0. The zero-order valence-corrected chi connectivity index (χ0v) is 15.3. The predicted octanol–water partition coefficient (Wildman–Crippen LogP) is 5.18.